The number of imide groups is 1. The number of aliphatic hydroxyl groups is 2. The van der Waals surface area contributed by atoms with Crippen molar-refractivity contribution < 1.29 is 34.1 Å². The monoisotopic (exact) mass is 611 g/mol. The van der Waals surface area contributed by atoms with E-state index in [4.69, 9.17) is 9.47 Å². The maximum atomic E-state index is 15.4. The molecule has 1 aliphatic heterocycles. The topological polar surface area (TPSA) is 113 Å². The number of carbonyl (C=O) groups is 3. The van der Waals surface area contributed by atoms with Crippen molar-refractivity contribution in [3.8, 4) is 0 Å². The van der Waals surface area contributed by atoms with E-state index in [1.165, 1.54) is 0 Å². The number of anilines is 1. The molecule has 2 N–H and O–H groups in total. The van der Waals surface area contributed by atoms with Gasteiger partial charge in [-0.15, -0.1) is 0 Å². The van der Waals surface area contributed by atoms with Gasteiger partial charge in [0.2, 0.25) is 5.91 Å². The lowest BCUT2D eigenvalue weighted by molar-refractivity contribution is -0.165. The molecule has 0 bridgehead atoms. The van der Waals surface area contributed by atoms with Crippen LogP contribution in [-0.2, 0) is 24.5 Å². The molecule has 3 aromatic carbocycles. The molecule has 1 aliphatic carbocycles. The lowest BCUT2D eigenvalue weighted by atomic mass is 9.47. The number of rotatable bonds is 6. The first-order chi connectivity index (χ1) is 21.5. The van der Waals surface area contributed by atoms with Gasteiger partial charge >= 0.3 is 12.1 Å². The quantitative estimate of drug-likeness (QED) is 0.335. The summed E-state index contributed by atoms with van der Waals surface area (Å²) in [6, 6.07) is 25.7. The van der Waals surface area contributed by atoms with E-state index in [1.54, 1.807) is 65.0 Å². The van der Waals surface area contributed by atoms with Gasteiger partial charge in [0.15, 0.2) is 0 Å². The molecule has 45 heavy (non-hydrogen) atoms. The van der Waals surface area contributed by atoms with E-state index in [0.29, 0.717) is 22.4 Å². The Labute approximate surface area is 264 Å². The standard InChI is InChI=1S/C37H41NO7/c1-6-44-33(41)30-23(2)32(40)29(26(21-22-39)24-15-9-7-10-16-24)31(25-17-11-8-12-18-25)37(30)27-19-13-14-20-28(27)38(34(37)42)35(43)45-36(3,4)5/h7-21,23,29-32,39-40H,6,22H2,1-5H3/b26-21+/t23-,29+,30+,31+,32+,37-/m1/s1. The van der Waals surface area contributed by atoms with Crippen molar-refractivity contribution in [2.24, 2.45) is 17.8 Å². The predicted molar refractivity (Wildman–Crippen MR) is 171 cm³/mol. The van der Waals surface area contributed by atoms with Crippen molar-refractivity contribution in [2.45, 2.75) is 57.7 Å². The number of benzene rings is 3. The Morgan fingerprint density at radius 1 is 0.956 bits per heavy atom. The Bertz CT molecular complexity index is 1580. The molecule has 5 rings (SSSR count). The van der Waals surface area contributed by atoms with Gasteiger partial charge in [0.25, 0.3) is 0 Å². The molecule has 0 radical (unpaired) electrons. The SMILES string of the molecule is CCOC(=O)[C@@H]1[C@@H](C)[C@H](O)[C@@H](/C(=C/CO)c2ccccc2)[C@H](c2ccccc2)[C@]12C(=O)N(C(=O)OC(C)(C)C)c1ccccc12. The fraction of sp³-hybridized carbons (Fsp3) is 0.378. The Balaban J connectivity index is 1.89. The van der Waals surface area contributed by atoms with Crippen LogP contribution in [0.1, 0.15) is 57.2 Å². The highest BCUT2D eigenvalue weighted by atomic mass is 16.6. The number of hydrogen-bond acceptors (Lipinski definition) is 7. The normalized spacial score (nSPS) is 26.5. The molecule has 1 heterocycles. The van der Waals surface area contributed by atoms with E-state index in [-0.39, 0.29) is 13.2 Å². The van der Waals surface area contributed by atoms with Crippen molar-refractivity contribution in [1.82, 2.24) is 0 Å². The van der Waals surface area contributed by atoms with Gasteiger partial charge in [0.05, 0.1) is 36.3 Å². The summed E-state index contributed by atoms with van der Waals surface area (Å²) in [5.74, 6) is -4.86. The number of aliphatic hydroxyl groups excluding tert-OH is 2. The van der Waals surface area contributed by atoms with E-state index in [2.05, 4.69) is 0 Å². The van der Waals surface area contributed by atoms with Crippen molar-refractivity contribution >= 4 is 29.2 Å². The maximum Gasteiger partial charge on any atom is 0.421 e. The van der Waals surface area contributed by atoms with Crippen LogP contribution in [0.25, 0.3) is 5.57 Å². The molecular formula is C37H41NO7. The molecule has 1 saturated carbocycles. The molecule has 0 saturated heterocycles. The number of fused-ring (bicyclic) bond motifs is 2. The maximum absolute atomic E-state index is 15.4. The summed E-state index contributed by atoms with van der Waals surface area (Å²) in [6.07, 6.45) is -0.333. The minimum atomic E-state index is -1.69. The molecule has 1 fully saturated rings. The molecule has 236 valence electrons. The highest BCUT2D eigenvalue weighted by Gasteiger charge is 2.70. The number of carbonyl (C=O) groups excluding carboxylic acids is 3. The molecule has 8 nitrogen and oxygen atoms in total. The van der Waals surface area contributed by atoms with E-state index >= 15 is 4.79 Å². The number of amides is 2. The Morgan fingerprint density at radius 2 is 1.56 bits per heavy atom. The van der Waals surface area contributed by atoms with Gasteiger partial charge in [-0.3, -0.25) is 9.59 Å². The summed E-state index contributed by atoms with van der Waals surface area (Å²) < 4.78 is 11.4. The second kappa shape index (κ2) is 12.6. The summed E-state index contributed by atoms with van der Waals surface area (Å²) in [5, 5.41) is 22.5. The van der Waals surface area contributed by atoms with Crippen LogP contribution in [0.4, 0.5) is 10.5 Å². The molecule has 2 amide bonds. The van der Waals surface area contributed by atoms with Crippen LogP contribution in [0.2, 0.25) is 0 Å². The molecule has 1 spiro atoms. The molecule has 8 heteroatoms. The fourth-order valence-corrected chi connectivity index (χ4v) is 7.43. The van der Waals surface area contributed by atoms with Gasteiger partial charge in [-0.2, -0.15) is 0 Å². The Morgan fingerprint density at radius 3 is 2.16 bits per heavy atom. The Hall–Kier alpha value is -4.27. The van der Waals surface area contributed by atoms with Gasteiger partial charge in [-0.1, -0.05) is 91.9 Å². The van der Waals surface area contributed by atoms with Crippen LogP contribution in [-0.4, -0.2) is 53.1 Å². The summed E-state index contributed by atoms with van der Waals surface area (Å²) in [7, 11) is 0. The molecule has 6 atom stereocenters. The number of ether oxygens (including phenoxy) is 2. The molecule has 0 aromatic heterocycles. The predicted octanol–water partition coefficient (Wildman–Crippen LogP) is 5.87. The fourth-order valence-electron chi connectivity index (χ4n) is 7.43. The summed E-state index contributed by atoms with van der Waals surface area (Å²) in [5.41, 5.74) is 0.300. The van der Waals surface area contributed by atoms with Crippen molar-refractivity contribution in [1.29, 1.82) is 0 Å². The summed E-state index contributed by atoms with van der Waals surface area (Å²) in [6.45, 7) is 8.37. The summed E-state index contributed by atoms with van der Waals surface area (Å²) in [4.78, 5) is 44.4. The molecular weight excluding hydrogens is 570 g/mol. The third-order valence-corrected chi connectivity index (χ3v) is 8.97. The first kappa shape index (κ1) is 32.1. The van der Waals surface area contributed by atoms with E-state index in [9.17, 15) is 19.8 Å². The highest BCUT2D eigenvalue weighted by molar-refractivity contribution is 6.23. The highest BCUT2D eigenvalue weighted by Crippen LogP contribution is 2.64. The average Bonchev–Trinajstić information content (AvgIpc) is 3.26. The van der Waals surface area contributed by atoms with Gasteiger partial charge < -0.3 is 19.7 Å². The largest absolute Gasteiger partial charge is 0.466 e. The number of para-hydroxylation sites is 1. The zero-order valence-corrected chi connectivity index (χ0v) is 26.3. The van der Waals surface area contributed by atoms with Crippen LogP contribution in [0.15, 0.2) is 91.0 Å². The lowest BCUT2D eigenvalue weighted by Crippen LogP contribution is -2.63. The van der Waals surface area contributed by atoms with Crippen LogP contribution in [0.3, 0.4) is 0 Å². The van der Waals surface area contributed by atoms with E-state index < -0.39 is 58.8 Å². The van der Waals surface area contributed by atoms with Gasteiger partial charge in [0, 0.05) is 11.8 Å². The Kier molecular flexibility index (Phi) is 9.01. The van der Waals surface area contributed by atoms with Crippen LogP contribution < -0.4 is 4.90 Å². The number of nitrogens with zero attached hydrogens (tertiary/aromatic N) is 1. The lowest BCUT2D eigenvalue weighted by Gasteiger charge is -2.54. The third kappa shape index (κ3) is 5.47. The van der Waals surface area contributed by atoms with Gasteiger partial charge in [-0.25, -0.2) is 9.69 Å². The van der Waals surface area contributed by atoms with Crippen LogP contribution in [0, 0.1) is 17.8 Å². The van der Waals surface area contributed by atoms with Gasteiger partial charge in [0.1, 0.15) is 5.60 Å². The number of hydrogen-bond donors (Lipinski definition) is 2. The van der Waals surface area contributed by atoms with Crippen LogP contribution in [0.5, 0.6) is 0 Å². The first-order valence-corrected chi connectivity index (χ1v) is 15.4. The van der Waals surface area contributed by atoms with Crippen molar-refractivity contribution in [3.05, 3.63) is 108 Å². The van der Waals surface area contributed by atoms with E-state index in [1.807, 2.05) is 60.7 Å². The number of esters is 1. The van der Waals surface area contributed by atoms with Crippen molar-refractivity contribution in [2.75, 3.05) is 18.1 Å². The second-order valence-electron chi connectivity index (χ2n) is 12.7. The van der Waals surface area contributed by atoms with Gasteiger partial charge in [-0.05, 0) is 61.9 Å². The zero-order chi connectivity index (χ0) is 32.5. The zero-order valence-electron chi connectivity index (χ0n) is 26.3. The molecule has 0 unspecified atom stereocenters. The third-order valence-electron chi connectivity index (χ3n) is 8.97. The van der Waals surface area contributed by atoms with Crippen molar-refractivity contribution in [3.63, 3.8) is 0 Å². The first-order valence-electron chi connectivity index (χ1n) is 15.4. The summed E-state index contributed by atoms with van der Waals surface area (Å²) >= 11 is 0. The minimum absolute atomic E-state index is 0.0684. The second-order valence-corrected chi connectivity index (χ2v) is 12.7. The smallest absolute Gasteiger partial charge is 0.421 e. The van der Waals surface area contributed by atoms with E-state index in [0.717, 1.165) is 10.5 Å². The van der Waals surface area contributed by atoms with Crippen LogP contribution >= 0.6 is 0 Å². The molecule has 3 aromatic rings. The minimum Gasteiger partial charge on any atom is -0.466 e. The average molecular weight is 612 g/mol. The molecule has 2 aliphatic rings.